The van der Waals surface area contributed by atoms with E-state index in [4.69, 9.17) is 9.26 Å². The van der Waals surface area contributed by atoms with Crippen LogP contribution in [-0.4, -0.2) is 24.3 Å². The number of carbonyl (C=O) groups is 1. The van der Waals surface area contributed by atoms with Gasteiger partial charge in [-0.1, -0.05) is 13.3 Å². The molecular weight excluding hydrogens is 227 g/mol. The fourth-order valence-electron chi connectivity index (χ4n) is 0.950. The van der Waals surface area contributed by atoms with Gasteiger partial charge in [-0.25, -0.2) is 0 Å². The summed E-state index contributed by atoms with van der Waals surface area (Å²) in [6.07, 6.45) is 2.30. The minimum absolute atomic E-state index is 0.151. The maximum absolute atomic E-state index is 11.3. The third kappa shape index (κ3) is 10.1. The summed E-state index contributed by atoms with van der Waals surface area (Å²) in [5.41, 5.74) is -0.480. The highest BCUT2D eigenvalue weighted by Gasteiger charge is 2.22. The average molecular weight is 249 g/mol. The summed E-state index contributed by atoms with van der Waals surface area (Å²) in [4.78, 5) is 11.3. The third-order valence-corrected chi connectivity index (χ3v) is 2.71. The van der Waals surface area contributed by atoms with Crippen molar-refractivity contribution < 1.29 is 18.6 Å². The van der Waals surface area contributed by atoms with Gasteiger partial charge in [0.2, 0.25) is 0 Å². The Hall–Kier alpha value is -0.470. The lowest BCUT2D eigenvalue weighted by atomic mass is 10.2. The van der Waals surface area contributed by atoms with Crippen molar-refractivity contribution in [3.05, 3.63) is 0 Å². The second-order valence-electron chi connectivity index (χ2n) is 4.58. The van der Waals surface area contributed by atoms with Crippen molar-refractivity contribution >= 4 is 14.0 Å². The molecule has 0 N–H and O–H groups in total. The van der Waals surface area contributed by atoms with Gasteiger partial charge >= 0.3 is 14.0 Å². The van der Waals surface area contributed by atoms with E-state index in [1.807, 2.05) is 27.7 Å². The van der Waals surface area contributed by atoms with Crippen LogP contribution in [0.4, 0.5) is 0 Å². The zero-order valence-electron chi connectivity index (χ0n) is 10.6. The van der Waals surface area contributed by atoms with Gasteiger partial charge in [-0.3, -0.25) is 4.79 Å². The van der Waals surface area contributed by atoms with E-state index in [1.54, 1.807) is 0 Å². The number of carbonyl (C=O) groups excluding carboxylic acids is 1. The first-order valence-electron chi connectivity index (χ1n) is 5.64. The number of hydrogen-bond donors (Lipinski definition) is 0. The Morgan fingerprint density at radius 3 is 2.44 bits per heavy atom. The third-order valence-electron chi connectivity index (χ3n) is 1.65. The van der Waals surface area contributed by atoms with Gasteiger partial charge in [0.1, 0.15) is 12.2 Å². The first-order valence-corrected chi connectivity index (χ1v) is 7.01. The van der Waals surface area contributed by atoms with Gasteiger partial charge in [-0.2, -0.15) is 0 Å². The SMILES string of the molecule is CCCCO[P+](=O)CCC(=O)OC(C)(C)C. The van der Waals surface area contributed by atoms with E-state index in [1.165, 1.54) is 0 Å². The smallest absolute Gasteiger partial charge is 0.460 e. The van der Waals surface area contributed by atoms with Gasteiger partial charge in [-0.05, 0) is 31.8 Å². The van der Waals surface area contributed by atoms with E-state index in [2.05, 4.69) is 0 Å². The van der Waals surface area contributed by atoms with Crippen LogP contribution in [0.15, 0.2) is 0 Å². The largest absolute Gasteiger partial charge is 0.508 e. The first kappa shape index (κ1) is 15.5. The quantitative estimate of drug-likeness (QED) is 0.394. The Balaban J connectivity index is 3.63. The Kier molecular flexibility index (Phi) is 7.52. The van der Waals surface area contributed by atoms with Crippen LogP contribution in [0.3, 0.4) is 0 Å². The van der Waals surface area contributed by atoms with Crippen LogP contribution in [0.5, 0.6) is 0 Å². The Labute approximate surface area is 98.6 Å². The van der Waals surface area contributed by atoms with Gasteiger partial charge in [0.05, 0.1) is 6.42 Å². The van der Waals surface area contributed by atoms with Crippen molar-refractivity contribution in [3.63, 3.8) is 0 Å². The molecule has 1 unspecified atom stereocenters. The van der Waals surface area contributed by atoms with Crippen LogP contribution < -0.4 is 0 Å². The molecule has 0 radical (unpaired) electrons. The molecule has 94 valence electrons. The van der Waals surface area contributed by atoms with Crippen molar-refractivity contribution in [2.45, 2.75) is 52.6 Å². The molecule has 0 spiro atoms. The summed E-state index contributed by atoms with van der Waals surface area (Å²) < 4.78 is 21.5. The highest BCUT2D eigenvalue weighted by atomic mass is 31.1. The molecule has 16 heavy (non-hydrogen) atoms. The van der Waals surface area contributed by atoms with Crippen LogP contribution >= 0.6 is 8.03 Å². The molecule has 0 rings (SSSR count). The Morgan fingerprint density at radius 1 is 1.31 bits per heavy atom. The summed E-state index contributed by atoms with van der Waals surface area (Å²) in [5.74, 6) is -0.324. The van der Waals surface area contributed by atoms with Gasteiger partial charge in [0, 0.05) is 0 Å². The number of esters is 1. The van der Waals surface area contributed by atoms with Gasteiger partial charge in [0.25, 0.3) is 0 Å². The Morgan fingerprint density at radius 2 is 1.94 bits per heavy atom. The molecule has 0 bridgehead atoms. The lowest BCUT2D eigenvalue weighted by Crippen LogP contribution is -2.24. The lowest BCUT2D eigenvalue weighted by molar-refractivity contribution is -0.154. The fraction of sp³-hybridized carbons (Fsp3) is 0.909. The second-order valence-corrected chi connectivity index (χ2v) is 5.95. The molecule has 0 aliphatic heterocycles. The molecule has 4 nitrogen and oxygen atoms in total. The molecule has 0 saturated carbocycles. The lowest BCUT2D eigenvalue weighted by Gasteiger charge is -2.18. The van der Waals surface area contributed by atoms with Crippen molar-refractivity contribution in [1.82, 2.24) is 0 Å². The predicted octanol–water partition coefficient (Wildman–Crippen LogP) is 3.28. The summed E-state index contributed by atoms with van der Waals surface area (Å²) in [6.45, 7) is 7.96. The molecule has 0 fully saturated rings. The molecule has 0 aromatic carbocycles. The summed E-state index contributed by atoms with van der Waals surface area (Å²) in [5, 5.41) is 0. The average Bonchev–Trinajstić information content (AvgIpc) is 2.12. The zero-order chi connectivity index (χ0) is 12.6. The van der Waals surface area contributed by atoms with Crippen LogP contribution in [-0.2, 0) is 18.6 Å². The van der Waals surface area contributed by atoms with Gasteiger partial charge in [-0.15, -0.1) is 4.52 Å². The Bertz CT molecular complexity index is 233. The summed E-state index contributed by atoms with van der Waals surface area (Å²) in [6, 6.07) is 0. The maximum Gasteiger partial charge on any atom is 0.508 e. The van der Waals surface area contributed by atoms with Crippen LogP contribution in [0.25, 0.3) is 0 Å². The van der Waals surface area contributed by atoms with E-state index in [0.29, 0.717) is 6.61 Å². The van der Waals surface area contributed by atoms with E-state index < -0.39 is 13.6 Å². The van der Waals surface area contributed by atoms with E-state index in [-0.39, 0.29) is 18.6 Å². The number of unbranched alkanes of at least 4 members (excludes halogenated alkanes) is 1. The molecule has 0 aromatic rings. The monoisotopic (exact) mass is 249 g/mol. The van der Waals surface area contributed by atoms with Crippen LogP contribution in [0, 0.1) is 0 Å². The normalized spacial score (nSPS) is 12.4. The molecule has 1 atom stereocenters. The highest BCUT2D eigenvalue weighted by molar-refractivity contribution is 7.39. The van der Waals surface area contributed by atoms with E-state index in [9.17, 15) is 9.36 Å². The standard InChI is InChI=1S/C11H22O4P/c1-5-6-8-14-16(13)9-7-10(12)15-11(2,3)4/h5-9H2,1-4H3/q+1. The number of ether oxygens (including phenoxy) is 1. The van der Waals surface area contributed by atoms with Crippen molar-refractivity contribution in [2.75, 3.05) is 12.8 Å². The van der Waals surface area contributed by atoms with Gasteiger partial charge < -0.3 is 4.74 Å². The summed E-state index contributed by atoms with van der Waals surface area (Å²) >= 11 is 0. The molecule has 0 heterocycles. The fourth-order valence-corrected chi connectivity index (χ4v) is 1.78. The van der Waals surface area contributed by atoms with E-state index in [0.717, 1.165) is 12.8 Å². The van der Waals surface area contributed by atoms with Crippen molar-refractivity contribution in [2.24, 2.45) is 0 Å². The molecular formula is C11H22O4P+. The molecule has 0 saturated heterocycles. The van der Waals surface area contributed by atoms with Crippen molar-refractivity contribution in [1.29, 1.82) is 0 Å². The highest BCUT2D eigenvalue weighted by Crippen LogP contribution is 2.24. The summed E-state index contributed by atoms with van der Waals surface area (Å²) in [7, 11) is -1.72. The minimum Gasteiger partial charge on any atom is -0.460 e. The number of hydrogen-bond acceptors (Lipinski definition) is 4. The number of rotatable bonds is 7. The molecule has 0 aromatic heterocycles. The zero-order valence-corrected chi connectivity index (χ0v) is 11.5. The molecule has 0 amide bonds. The maximum atomic E-state index is 11.3. The molecule has 5 heteroatoms. The molecule has 0 aliphatic carbocycles. The minimum atomic E-state index is -1.72. The topological polar surface area (TPSA) is 52.6 Å². The second kappa shape index (κ2) is 7.75. The first-order chi connectivity index (χ1) is 7.35. The molecule has 0 aliphatic rings. The van der Waals surface area contributed by atoms with Crippen molar-refractivity contribution in [3.8, 4) is 0 Å². The van der Waals surface area contributed by atoms with Crippen LogP contribution in [0.2, 0.25) is 0 Å². The van der Waals surface area contributed by atoms with Crippen LogP contribution in [0.1, 0.15) is 47.0 Å². The van der Waals surface area contributed by atoms with Gasteiger partial charge in [0.15, 0.2) is 6.16 Å². The van der Waals surface area contributed by atoms with E-state index >= 15 is 0 Å². The predicted molar refractivity (Wildman–Crippen MR) is 63.8 cm³/mol.